The molecular formula is C31H32F2N6O4S2. The first-order valence-corrected chi connectivity index (χ1v) is 16.7. The van der Waals surface area contributed by atoms with Gasteiger partial charge in [0.15, 0.2) is 5.78 Å². The van der Waals surface area contributed by atoms with Crippen molar-refractivity contribution in [2.24, 2.45) is 0 Å². The number of hydrogen-bond donors (Lipinski definition) is 2. The van der Waals surface area contributed by atoms with E-state index in [1.165, 1.54) is 11.3 Å². The number of piperazine rings is 1. The highest BCUT2D eigenvalue weighted by atomic mass is 32.2. The number of carbonyl (C=O) groups is 2. The molecule has 4 heterocycles. The van der Waals surface area contributed by atoms with Crippen molar-refractivity contribution in [2.75, 3.05) is 43.4 Å². The summed E-state index contributed by atoms with van der Waals surface area (Å²) >= 11 is 1.29. The molecule has 1 fully saturated rings. The van der Waals surface area contributed by atoms with Gasteiger partial charge < -0.3 is 15.1 Å². The van der Waals surface area contributed by atoms with Crippen LogP contribution in [0.25, 0.3) is 0 Å². The number of benzene rings is 2. The molecule has 0 unspecified atom stereocenters. The zero-order valence-electron chi connectivity index (χ0n) is 24.9. The lowest BCUT2D eigenvalue weighted by atomic mass is 9.98. The predicted octanol–water partition coefficient (Wildman–Crippen LogP) is 4.62. The number of rotatable bonds is 8. The van der Waals surface area contributed by atoms with Crippen LogP contribution in [0.4, 0.5) is 20.2 Å². The van der Waals surface area contributed by atoms with Gasteiger partial charge >= 0.3 is 0 Å². The first kappa shape index (κ1) is 31.0. The Balaban J connectivity index is 1.29. The number of carbonyl (C=O) groups excluding carboxylic acids is 2. The van der Waals surface area contributed by atoms with E-state index in [9.17, 15) is 26.8 Å². The largest absolute Gasteiger partial charge is 0.369 e. The van der Waals surface area contributed by atoms with Crippen LogP contribution in [-0.2, 0) is 28.5 Å². The summed E-state index contributed by atoms with van der Waals surface area (Å²) in [4.78, 5) is 31.3. The molecule has 2 aliphatic rings. The van der Waals surface area contributed by atoms with Crippen molar-refractivity contribution in [3.63, 3.8) is 0 Å². The van der Waals surface area contributed by atoms with Crippen molar-refractivity contribution in [3.05, 3.63) is 92.9 Å². The number of sulfonamides is 1. The number of hydrogen-bond acceptors (Lipinski definition) is 8. The third-order valence-electron chi connectivity index (χ3n) is 8.38. The molecule has 4 aromatic rings. The molecule has 2 aliphatic heterocycles. The van der Waals surface area contributed by atoms with Crippen LogP contribution in [0.5, 0.6) is 0 Å². The molecule has 2 aromatic heterocycles. The van der Waals surface area contributed by atoms with Crippen LogP contribution in [0.15, 0.2) is 58.8 Å². The van der Waals surface area contributed by atoms with E-state index in [-0.39, 0.29) is 24.7 Å². The van der Waals surface area contributed by atoms with E-state index >= 15 is 0 Å². The van der Waals surface area contributed by atoms with E-state index in [0.717, 1.165) is 48.3 Å². The highest BCUT2D eigenvalue weighted by Crippen LogP contribution is 2.43. The summed E-state index contributed by atoms with van der Waals surface area (Å²) in [5, 5.41) is 12.0. The van der Waals surface area contributed by atoms with E-state index < -0.39 is 32.1 Å². The van der Waals surface area contributed by atoms with Crippen LogP contribution in [0.3, 0.4) is 0 Å². The highest BCUT2D eigenvalue weighted by Gasteiger charge is 2.48. The lowest BCUT2D eigenvalue weighted by Gasteiger charge is -2.34. The second-order valence-corrected chi connectivity index (χ2v) is 14.6. The standard InChI is InChI=1S/C31H32F2N6O4S2/c1-31(2)29-24(18-39(31)45(42,43)22-14-19(32)13-20(33)15-22)26(35-36-29)17-27(40)23-7-6-21(38-10-8-37(3)9-11-38)16-25(23)34-30(41)28-5-4-12-44-28/h4-7,12-16H,8-11,17-18H2,1-3H3,(H,34,41)(H,35,36). The zero-order valence-corrected chi connectivity index (χ0v) is 26.6. The smallest absolute Gasteiger partial charge is 0.265 e. The van der Waals surface area contributed by atoms with Crippen LogP contribution in [0, 0.1) is 11.6 Å². The molecule has 2 aromatic carbocycles. The van der Waals surface area contributed by atoms with Crippen molar-refractivity contribution in [3.8, 4) is 0 Å². The summed E-state index contributed by atoms with van der Waals surface area (Å²) < 4.78 is 56.1. The molecule has 1 saturated heterocycles. The molecule has 0 saturated carbocycles. The number of halogens is 2. The van der Waals surface area contributed by atoms with Gasteiger partial charge in [0.2, 0.25) is 10.0 Å². The second kappa shape index (κ2) is 11.7. The van der Waals surface area contributed by atoms with Gasteiger partial charge in [-0.1, -0.05) is 6.07 Å². The Labute approximate surface area is 263 Å². The van der Waals surface area contributed by atoms with Crippen molar-refractivity contribution < 1.29 is 26.8 Å². The summed E-state index contributed by atoms with van der Waals surface area (Å²) in [5.74, 6) is -2.64. The van der Waals surface area contributed by atoms with E-state index in [1.54, 1.807) is 37.4 Å². The summed E-state index contributed by atoms with van der Waals surface area (Å²) in [6, 6.07) is 11.0. The Morgan fingerprint density at radius 2 is 1.76 bits per heavy atom. The number of nitrogens with zero attached hydrogens (tertiary/aromatic N) is 4. The van der Waals surface area contributed by atoms with Crippen LogP contribution < -0.4 is 10.2 Å². The number of thiophene rings is 1. The van der Waals surface area contributed by atoms with Crippen molar-refractivity contribution in [2.45, 2.75) is 37.2 Å². The zero-order chi connectivity index (χ0) is 32.1. The topological polar surface area (TPSA) is 119 Å². The fourth-order valence-electron chi connectivity index (χ4n) is 5.86. The van der Waals surface area contributed by atoms with Crippen molar-refractivity contribution in [1.29, 1.82) is 0 Å². The fraction of sp³-hybridized carbons (Fsp3) is 0.323. The van der Waals surface area contributed by atoms with E-state index in [4.69, 9.17) is 0 Å². The molecule has 0 atom stereocenters. The van der Waals surface area contributed by atoms with Gasteiger partial charge in [-0.3, -0.25) is 14.7 Å². The molecule has 236 valence electrons. The van der Waals surface area contributed by atoms with E-state index in [0.29, 0.717) is 39.1 Å². The maximum atomic E-state index is 13.9. The number of H-pyrrole nitrogens is 1. The van der Waals surface area contributed by atoms with Gasteiger partial charge in [-0.2, -0.15) is 9.40 Å². The van der Waals surface area contributed by atoms with Gasteiger partial charge in [0.05, 0.1) is 33.1 Å². The third kappa shape index (κ3) is 5.90. The third-order valence-corrected chi connectivity index (χ3v) is 11.2. The number of aromatic amines is 1. The Morgan fingerprint density at radius 1 is 1.04 bits per heavy atom. The molecular weight excluding hydrogens is 623 g/mol. The maximum Gasteiger partial charge on any atom is 0.265 e. The number of nitrogens with one attached hydrogen (secondary N) is 2. The quantitative estimate of drug-likeness (QED) is 0.266. The summed E-state index contributed by atoms with van der Waals surface area (Å²) in [7, 11) is -2.26. The fourth-order valence-corrected chi connectivity index (χ4v) is 8.24. The van der Waals surface area contributed by atoms with Gasteiger partial charge in [0.25, 0.3) is 5.91 Å². The normalized spacial score (nSPS) is 17.0. The maximum absolute atomic E-state index is 13.9. The molecule has 0 aliphatic carbocycles. The van der Waals surface area contributed by atoms with E-state index in [2.05, 4.69) is 32.4 Å². The average Bonchev–Trinajstić information content (AvgIpc) is 3.72. The number of ketones is 1. The van der Waals surface area contributed by atoms with Gasteiger partial charge in [0.1, 0.15) is 11.6 Å². The number of Topliss-reactive ketones (excluding diaryl/α,β-unsaturated/α-hetero) is 1. The van der Waals surface area contributed by atoms with Gasteiger partial charge in [0, 0.05) is 61.3 Å². The molecule has 6 rings (SSSR count). The number of fused-ring (bicyclic) bond motifs is 1. The number of likely N-dealkylation sites (N-methyl/N-ethyl adjacent to an activating group) is 1. The Morgan fingerprint density at radius 3 is 2.42 bits per heavy atom. The summed E-state index contributed by atoms with van der Waals surface area (Å²) in [6.45, 7) is 6.53. The van der Waals surface area contributed by atoms with Crippen LogP contribution >= 0.6 is 11.3 Å². The number of aromatic nitrogens is 2. The SMILES string of the molecule is CN1CCN(c2ccc(C(=O)Cc3[nH]nc4c3CN(S(=O)(=O)c3cc(F)cc(F)c3)C4(C)C)c(NC(=O)c3cccs3)c2)CC1. The lowest BCUT2D eigenvalue weighted by molar-refractivity contribution is 0.0992. The average molecular weight is 655 g/mol. The predicted molar refractivity (Wildman–Crippen MR) is 167 cm³/mol. The summed E-state index contributed by atoms with van der Waals surface area (Å²) in [5.41, 5.74) is 1.76. The highest BCUT2D eigenvalue weighted by molar-refractivity contribution is 7.89. The molecule has 10 nitrogen and oxygen atoms in total. The molecule has 1 amide bonds. The molecule has 0 bridgehead atoms. The molecule has 0 radical (unpaired) electrons. The minimum atomic E-state index is -4.33. The molecule has 2 N–H and O–H groups in total. The van der Waals surface area contributed by atoms with Gasteiger partial charge in [-0.05, 0) is 62.7 Å². The van der Waals surface area contributed by atoms with Crippen LogP contribution in [-0.4, -0.2) is 72.7 Å². The first-order chi connectivity index (χ1) is 21.3. The minimum absolute atomic E-state index is 0.142. The summed E-state index contributed by atoms with van der Waals surface area (Å²) in [6.07, 6.45) is -0.142. The van der Waals surface area contributed by atoms with E-state index in [1.807, 2.05) is 12.1 Å². The van der Waals surface area contributed by atoms with Crippen molar-refractivity contribution in [1.82, 2.24) is 19.4 Å². The number of anilines is 2. The van der Waals surface area contributed by atoms with Crippen LogP contribution in [0.2, 0.25) is 0 Å². The Bertz CT molecular complexity index is 1860. The molecule has 14 heteroatoms. The molecule has 45 heavy (non-hydrogen) atoms. The minimum Gasteiger partial charge on any atom is -0.369 e. The lowest BCUT2D eigenvalue weighted by Crippen LogP contribution is -2.44. The van der Waals surface area contributed by atoms with Crippen LogP contribution in [0.1, 0.15) is 50.8 Å². The second-order valence-electron chi connectivity index (χ2n) is 11.8. The monoisotopic (exact) mass is 654 g/mol. The Hall–Kier alpha value is -3.98. The van der Waals surface area contributed by atoms with Gasteiger partial charge in [-0.15, -0.1) is 11.3 Å². The van der Waals surface area contributed by atoms with Gasteiger partial charge in [-0.25, -0.2) is 17.2 Å². The first-order valence-electron chi connectivity index (χ1n) is 14.4. The molecule has 0 spiro atoms. The number of amides is 1. The van der Waals surface area contributed by atoms with Crippen molar-refractivity contribution >= 4 is 44.4 Å². The Kier molecular flexibility index (Phi) is 8.10.